The normalized spacial score (nSPS) is 29.6. The second kappa shape index (κ2) is 3.07. The molecule has 0 N–H and O–H groups in total. The van der Waals surface area contributed by atoms with Crippen molar-refractivity contribution in [2.75, 3.05) is 0 Å². The molecule has 2 aliphatic rings. The Bertz CT molecular complexity index is 494. The fourth-order valence-corrected chi connectivity index (χ4v) is 2.99. The van der Waals surface area contributed by atoms with Crippen LogP contribution in [0.5, 0.6) is 0 Å². The highest BCUT2D eigenvalue weighted by atomic mass is 14.9. The third kappa shape index (κ3) is 1.14. The number of aliphatic imine (C=N–C) groups is 1. The van der Waals surface area contributed by atoms with Gasteiger partial charge in [0.25, 0.3) is 0 Å². The van der Waals surface area contributed by atoms with Gasteiger partial charge in [-0.1, -0.05) is 50.3 Å². The first-order chi connectivity index (χ1) is 7.60. The summed E-state index contributed by atoms with van der Waals surface area (Å²) < 4.78 is 0. The van der Waals surface area contributed by atoms with Gasteiger partial charge in [-0.15, -0.1) is 0 Å². The van der Waals surface area contributed by atoms with Crippen LogP contribution in [0.4, 0.5) is 0 Å². The van der Waals surface area contributed by atoms with Crippen molar-refractivity contribution in [3.63, 3.8) is 0 Å². The van der Waals surface area contributed by atoms with Crippen molar-refractivity contribution in [1.82, 2.24) is 0 Å². The molecule has 1 aliphatic heterocycles. The molecule has 1 aromatic rings. The monoisotopic (exact) mass is 211 g/mol. The van der Waals surface area contributed by atoms with Gasteiger partial charge in [-0.25, -0.2) is 0 Å². The summed E-state index contributed by atoms with van der Waals surface area (Å²) in [6, 6.07) is 9.06. The van der Waals surface area contributed by atoms with Crippen LogP contribution in [-0.2, 0) is 0 Å². The quantitative estimate of drug-likeness (QED) is 0.621. The predicted molar refractivity (Wildman–Crippen MR) is 68.9 cm³/mol. The van der Waals surface area contributed by atoms with E-state index in [4.69, 9.17) is 4.99 Å². The zero-order valence-electron chi connectivity index (χ0n) is 10.1. The number of nitrogens with zero attached hydrogens (tertiary/aromatic N) is 1. The third-order valence-electron chi connectivity index (χ3n) is 4.20. The molecular weight excluding hydrogens is 194 g/mol. The van der Waals surface area contributed by atoms with Crippen LogP contribution >= 0.6 is 0 Å². The average molecular weight is 211 g/mol. The van der Waals surface area contributed by atoms with Crippen molar-refractivity contribution in [2.24, 2.45) is 10.4 Å². The van der Waals surface area contributed by atoms with Gasteiger partial charge in [-0.2, -0.15) is 0 Å². The molecule has 0 saturated heterocycles. The van der Waals surface area contributed by atoms with E-state index in [2.05, 4.69) is 57.2 Å². The molecule has 0 saturated carbocycles. The SMILES string of the molecule is CC1=NC2C=Cc3ccccc3C2C1(C)C. The first-order valence-electron chi connectivity index (χ1n) is 5.93. The summed E-state index contributed by atoms with van der Waals surface area (Å²) in [7, 11) is 0. The molecule has 2 atom stereocenters. The van der Waals surface area contributed by atoms with E-state index in [-0.39, 0.29) is 5.41 Å². The smallest absolute Gasteiger partial charge is 0.0760 e. The lowest BCUT2D eigenvalue weighted by Crippen LogP contribution is -2.30. The van der Waals surface area contributed by atoms with E-state index in [1.54, 1.807) is 0 Å². The molecule has 3 rings (SSSR count). The van der Waals surface area contributed by atoms with E-state index in [1.165, 1.54) is 16.8 Å². The molecule has 1 aliphatic carbocycles. The lowest BCUT2D eigenvalue weighted by Gasteiger charge is -2.33. The Morgan fingerprint density at radius 3 is 2.75 bits per heavy atom. The Morgan fingerprint density at radius 2 is 1.94 bits per heavy atom. The summed E-state index contributed by atoms with van der Waals surface area (Å²) in [5.74, 6) is 0.522. The van der Waals surface area contributed by atoms with E-state index in [1.807, 2.05) is 0 Å². The molecule has 0 spiro atoms. The zero-order chi connectivity index (χ0) is 11.3. The van der Waals surface area contributed by atoms with Crippen molar-refractivity contribution in [3.8, 4) is 0 Å². The average Bonchev–Trinajstić information content (AvgIpc) is 2.50. The standard InChI is InChI=1S/C15H17N/c1-10-15(2,3)14-12-7-5-4-6-11(12)8-9-13(14)16-10/h4-9,13-14H,1-3H3. The summed E-state index contributed by atoms with van der Waals surface area (Å²) in [4.78, 5) is 4.79. The second-order valence-corrected chi connectivity index (χ2v) is 5.39. The number of rotatable bonds is 0. The fourth-order valence-electron chi connectivity index (χ4n) is 2.99. The molecule has 82 valence electrons. The summed E-state index contributed by atoms with van der Waals surface area (Å²) in [5, 5.41) is 0. The maximum absolute atomic E-state index is 4.79. The van der Waals surface area contributed by atoms with Gasteiger partial charge in [0.05, 0.1) is 6.04 Å². The summed E-state index contributed by atoms with van der Waals surface area (Å²) >= 11 is 0. The Kier molecular flexibility index (Phi) is 1.88. The van der Waals surface area contributed by atoms with Gasteiger partial charge >= 0.3 is 0 Å². The summed E-state index contributed by atoms with van der Waals surface area (Å²) in [6.45, 7) is 6.79. The zero-order valence-corrected chi connectivity index (χ0v) is 10.1. The Morgan fingerprint density at radius 1 is 1.19 bits per heavy atom. The lowest BCUT2D eigenvalue weighted by atomic mass is 9.69. The highest BCUT2D eigenvalue weighted by molar-refractivity contribution is 5.91. The van der Waals surface area contributed by atoms with Crippen LogP contribution < -0.4 is 0 Å². The molecule has 2 unspecified atom stereocenters. The molecular formula is C15H17N. The molecule has 0 radical (unpaired) electrons. The van der Waals surface area contributed by atoms with Crippen molar-refractivity contribution >= 4 is 11.8 Å². The minimum Gasteiger partial charge on any atom is -0.286 e. The van der Waals surface area contributed by atoms with Crippen LogP contribution in [0.3, 0.4) is 0 Å². The maximum atomic E-state index is 4.79. The van der Waals surface area contributed by atoms with Gasteiger partial charge in [0.15, 0.2) is 0 Å². The largest absolute Gasteiger partial charge is 0.286 e. The van der Waals surface area contributed by atoms with Gasteiger partial charge in [-0.3, -0.25) is 4.99 Å². The van der Waals surface area contributed by atoms with Crippen LogP contribution in [0, 0.1) is 5.41 Å². The van der Waals surface area contributed by atoms with Gasteiger partial charge in [0.2, 0.25) is 0 Å². The molecule has 0 bridgehead atoms. The molecule has 1 heterocycles. The molecule has 0 aromatic heterocycles. The molecule has 16 heavy (non-hydrogen) atoms. The highest BCUT2D eigenvalue weighted by Gasteiger charge is 2.44. The van der Waals surface area contributed by atoms with E-state index in [9.17, 15) is 0 Å². The van der Waals surface area contributed by atoms with Crippen LogP contribution in [-0.4, -0.2) is 11.8 Å². The Hall–Kier alpha value is -1.37. The number of hydrogen-bond acceptors (Lipinski definition) is 1. The first-order valence-corrected chi connectivity index (χ1v) is 5.93. The topological polar surface area (TPSA) is 12.4 Å². The van der Waals surface area contributed by atoms with E-state index in [0.29, 0.717) is 12.0 Å². The van der Waals surface area contributed by atoms with E-state index in [0.717, 1.165) is 0 Å². The van der Waals surface area contributed by atoms with Crippen LogP contribution in [0.15, 0.2) is 35.3 Å². The third-order valence-corrected chi connectivity index (χ3v) is 4.20. The van der Waals surface area contributed by atoms with Gasteiger partial charge in [-0.05, 0) is 18.1 Å². The van der Waals surface area contributed by atoms with Gasteiger partial charge in [0, 0.05) is 17.0 Å². The van der Waals surface area contributed by atoms with Crippen molar-refractivity contribution in [1.29, 1.82) is 0 Å². The fraction of sp³-hybridized carbons (Fsp3) is 0.400. The minimum absolute atomic E-state index is 0.186. The molecule has 1 aromatic carbocycles. The summed E-state index contributed by atoms with van der Waals surface area (Å²) in [5.41, 5.74) is 4.29. The van der Waals surface area contributed by atoms with Crippen LogP contribution in [0.1, 0.15) is 37.8 Å². The second-order valence-electron chi connectivity index (χ2n) is 5.39. The van der Waals surface area contributed by atoms with Crippen LogP contribution in [0.25, 0.3) is 6.08 Å². The predicted octanol–water partition coefficient (Wildman–Crippen LogP) is 3.67. The van der Waals surface area contributed by atoms with Crippen molar-refractivity contribution in [2.45, 2.75) is 32.7 Å². The van der Waals surface area contributed by atoms with E-state index >= 15 is 0 Å². The molecule has 1 heteroatoms. The number of fused-ring (bicyclic) bond motifs is 3. The molecule has 1 nitrogen and oxygen atoms in total. The summed E-state index contributed by atoms with van der Waals surface area (Å²) in [6.07, 6.45) is 4.47. The van der Waals surface area contributed by atoms with Crippen LogP contribution in [0.2, 0.25) is 0 Å². The minimum atomic E-state index is 0.186. The van der Waals surface area contributed by atoms with Gasteiger partial charge < -0.3 is 0 Å². The first kappa shape index (κ1) is 9.83. The maximum Gasteiger partial charge on any atom is 0.0760 e. The number of hydrogen-bond donors (Lipinski definition) is 0. The molecule has 0 amide bonds. The van der Waals surface area contributed by atoms with Crippen molar-refractivity contribution in [3.05, 3.63) is 41.5 Å². The van der Waals surface area contributed by atoms with Crippen molar-refractivity contribution < 1.29 is 0 Å². The van der Waals surface area contributed by atoms with Gasteiger partial charge in [0.1, 0.15) is 0 Å². The Labute approximate surface area is 96.9 Å². The van der Waals surface area contributed by atoms with E-state index < -0.39 is 0 Å². The Balaban J connectivity index is 2.18. The lowest BCUT2D eigenvalue weighted by molar-refractivity contribution is 0.410. The number of benzene rings is 1. The highest BCUT2D eigenvalue weighted by Crippen LogP contribution is 2.48. The molecule has 0 fully saturated rings.